The van der Waals surface area contributed by atoms with Crippen molar-refractivity contribution < 1.29 is 40.7 Å². The van der Waals surface area contributed by atoms with Crippen molar-refractivity contribution in [2.24, 2.45) is 0 Å². The molecule has 5 rings (SSSR count). The number of halogens is 3. The number of benzene rings is 5. The molecule has 2 amide bonds. The van der Waals surface area contributed by atoms with E-state index in [-0.39, 0.29) is 24.5 Å². The van der Waals surface area contributed by atoms with Crippen molar-refractivity contribution in [2.75, 3.05) is 5.32 Å². The van der Waals surface area contributed by atoms with Gasteiger partial charge in [0.15, 0.2) is 0 Å². The Morgan fingerprint density at radius 2 is 1.23 bits per heavy atom. The van der Waals surface area contributed by atoms with Gasteiger partial charge in [0.2, 0.25) is 0 Å². The zero-order valence-corrected chi connectivity index (χ0v) is 25.3. The third-order valence-electron chi connectivity index (χ3n) is 6.78. The van der Waals surface area contributed by atoms with Crippen molar-refractivity contribution in [3.05, 3.63) is 155 Å². The normalized spacial score (nSPS) is 11.4. The standard InChI is InChI=1S/C35H27F3N2O6S/c36-35(37,38)29-19-18-27(21-31(29)46-23-25-12-5-2-6-13-25)34(42)40-47(43,44)32-17-8-7-16-30(32)39-33(41)26-14-9-15-28(20-26)45-22-24-10-3-1-4-11-24/h1-21H,22-23H2,(H,39,41)(H,40,42). The van der Waals surface area contributed by atoms with Gasteiger partial charge in [-0.05, 0) is 59.7 Å². The summed E-state index contributed by atoms with van der Waals surface area (Å²) in [6.07, 6.45) is -4.79. The molecule has 0 aromatic heterocycles. The summed E-state index contributed by atoms with van der Waals surface area (Å²) in [4.78, 5) is 25.7. The smallest absolute Gasteiger partial charge is 0.419 e. The minimum Gasteiger partial charge on any atom is -0.489 e. The molecule has 0 fully saturated rings. The monoisotopic (exact) mass is 660 g/mol. The lowest BCUT2D eigenvalue weighted by atomic mass is 10.1. The number of amides is 2. The van der Waals surface area contributed by atoms with Crippen LogP contribution in [0, 0.1) is 0 Å². The highest BCUT2D eigenvalue weighted by Crippen LogP contribution is 2.37. The highest BCUT2D eigenvalue weighted by molar-refractivity contribution is 7.90. The van der Waals surface area contributed by atoms with Gasteiger partial charge in [0.05, 0.1) is 11.3 Å². The van der Waals surface area contributed by atoms with Crippen LogP contribution in [0.2, 0.25) is 0 Å². The van der Waals surface area contributed by atoms with Crippen molar-refractivity contribution in [1.82, 2.24) is 4.72 Å². The molecule has 0 aliphatic carbocycles. The molecular weight excluding hydrogens is 633 g/mol. The summed E-state index contributed by atoms with van der Waals surface area (Å²) in [7, 11) is -4.62. The van der Waals surface area contributed by atoms with Crippen LogP contribution in [-0.4, -0.2) is 20.2 Å². The van der Waals surface area contributed by atoms with Gasteiger partial charge in [-0.3, -0.25) is 9.59 Å². The van der Waals surface area contributed by atoms with Gasteiger partial charge in [0.25, 0.3) is 21.8 Å². The molecule has 0 heterocycles. The number of para-hydroxylation sites is 1. The van der Waals surface area contributed by atoms with Crippen molar-refractivity contribution in [2.45, 2.75) is 24.3 Å². The van der Waals surface area contributed by atoms with E-state index in [1.807, 2.05) is 35.1 Å². The first-order chi connectivity index (χ1) is 22.5. The topological polar surface area (TPSA) is 111 Å². The second-order valence-corrected chi connectivity index (χ2v) is 11.8. The van der Waals surface area contributed by atoms with E-state index in [0.29, 0.717) is 17.4 Å². The van der Waals surface area contributed by atoms with Gasteiger partial charge in [0, 0.05) is 11.1 Å². The Morgan fingerprint density at radius 3 is 1.89 bits per heavy atom. The third kappa shape index (κ3) is 8.56. The molecule has 0 spiro atoms. The number of ether oxygens (including phenoxy) is 2. The molecule has 0 saturated heterocycles. The SMILES string of the molecule is O=C(Nc1ccccc1S(=O)(=O)NC(=O)c1ccc(C(F)(F)F)c(OCc2ccccc2)c1)c1cccc(OCc2ccccc2)c1. The Balaban J connectivity index is 1.32. The quantitative estimate of drug-likeness (QED) is 0.155. The minimum atomic E-state index is -4.79. The molecule has 5 aromatic rings. The number of rotatable bonds is 11. The molecule has 240 valence electrons. The molecule has 0 radical (unpaired) electrons. The Kier molecular flexibility index (Phi) is 9.91. The predicted octanol–water partition coefficient (Wildman–Crippen LogP) is 7.23. The van der Waals surface area contributed by atoms with Crippen LogP contribution >= 0.6 is 0 Å². The van der Waals surface area contributed by atoms with Crippen LogP contribution in [0.5, 0.6) is 11.5 Å². The fourth-order valence-electron chi connectivity index (χ4n) is 4.46. The summed E-state index contributed by atoms with van der Waals surface area (Å²) >= 11 is 0. The maximum Gasteiger partial charge on any atom is 0.419 e. The number of anilines is 1. The number of sulfonamides is 1. The number of carbonyl (C=O) groups excluding carboxylic acids is 2. The van der Waals surface area contributed by atoms with Gasteiger partial charge in [-0.2, -0.15) is 13.2 Å². The van der Waals surface area contributed by atoms with Crippen LogP contribution in [0.1, 0.15) is 37.4 Å². The molecule has 0 aliphatic heterocycles. The molecule has 0 aliphatic rings. The van der Waals surface area contributed by atoms with Gasteiger partial charge in [-0.25, -0.2) is 13.1 Å². The lowest BCUT2D eigenvalue weighted by Gasteiger charge is -2.16. The average molecular weight is 661 g/mol. The zero-order chi connectivity index (χ0) is 33.4. The Labute approximate surface area is 268 Å². The number of nitrogens with one attached hydrogen (secondary N) is 2. The van der Waals surface area contributed by atoms with E-state index in [4.69, 9.17) is 9.47 Å². The average Bonchev–Trinajstić information content (AvgIpc) is 3.07. The second kappa shape index (κ2) is 14.2. The molecular formula is C35H27F3N2O6S. The summed E-state index contributed by atoms with van der Waals surface area (Å²) in [5.41, 5.74) is 0.0418. The van der Waals surface area contributed by atoms with Crippen LogP contribution in [0.25, 0.3) is 0 Å². The highest BCUT2D eigenvalue weighted by Gasteiger charge is 2.35. The number of hydrogen-bond acceptors (Lipinski definition) is 6. The maximum absolute atomic E-state index is 13.7. The van der Waals surface area contributed by atoms with Gasteiger partial charge in [0.1, 0.15) is 29.6 Å². The molecule has 8 nitrogen and oxygen atoms in total. The summed E-state index contributed by atoms with van der Waals surface area (Å²) in [5, 5.41) is 2.54. The maximum atomic E-state index is 13.7. The zero-order valence-electron chi connectivity index (χ0n) is 24.5. The molecule has 47 heavy (non-hydrogen) atoms. The first-order valence-corrected chi connectivity index (χ1v) is 15.6. The molecule has 5 aromatic carbocycles. The van der Waals surface area contributed by atoms with E-state index in [1.54, 1.807) is 42.5 Å². The van der Waals surface area contributed by atoms with Crippen molar-refractivity contribution in [1.29, 1.82) is 0 Å². The number of carbonyl (C=O) groups is 2. The Bertz CT molecular complexity index is 1990. The van der Waals surface area contributed by atoms with Crippen molar-refractivity contribution >= 4 is 27.5 Å². The highest BCUT2D eigenvalue weighted by atomic mass is 32.2. The minimum absolute atomic E-state index is 0.132. The lowest BCUT2D eigenvalue weighted by Crippen LogP contribution is -2.31. The Morgan fingerprint density at radius 1 is 0.638 bits per heavy atom. The molecule has 0 bridgehead atoms. The fourth-order valence-corrected chi connectivity index (χ4v) is 5.59. The lowest BCUT2D eigenvalue weighted by molar-refractivity contribution is -0.139. The van der Waals surface area contributed by atoms with Crippen LogP contribution in [0.3, 0.4) is 0 Å². The van der Waals surface area contributed by atoms with Crippen LogP contribution < -0.4 is 19.5 Å². The van der Waals surface area contributed by atoms with E-state index in [0.717, 1.165) is 17.7 Å². The fraction of sp³-hybridized carbons (Fsp3) is 0.0857. The summed E-state index contributed by atoms with van der Waals surface area (Å²) < 4.78 is 80.8. The largest absolute Gasteiger partial charge is 0.489 e. The van der Waals surface area contributed by atoms with Crippen molar-refractivity contribution in [3.8, 4) is 11.5 Å². The predicted molar refractivity (Wildman–Crippen MR) is 168 cm³/mol. The van der Waals surface area contributed by atoms with Crippen LogP contribution in [0.4, 0.5) is 18.9 Å². The van der Waals surface area contributed by atoms with E-state index in [1.165, 1.54) is 36.4 Å². The Hall–Kier alpha value is -5.62. The van der Waals surface area contributed by atoms with Crippen LogP contribution in [-0.2, 0) is 29.4 Å². The van der Waals surface area contributed by atoms with Gasteiger partial charge < -0.3 is 14.8 Å². The first-order valence-electron chi connectivity index (χ1n) is 14.1. The summed E-state index contributed by atoms with van der Waals surface area (Å²) in [6, 6.07) is 31.9. The molecule has 12 heteroatoms. The third-order valence-corrected chi connectivity index (χ3v) is 8.17. The molecule has 0 atom stereocenters. The van der Waals surface area contributed by atoms with Gasteiger partial charge in [-0.1, -0.05) is 78.9 Å². The van der Waals surface area contributed by atoms with E-state index < -0.39 is 49.8 Å². The second-order valence-electron chi connectivity index (χ2n) is 10.2. The van der Waals surface area contributed by atoms with E-state index in [9.17, 15) is 31.2 Å². The van der Waals surface area contributed by atoms with Crippen LogP contribution in [0.15, 0.2) is 132 Å². The molecule has 2 N–H and O–H groups in total. The molecule has 0 unspecified atom stereocenters. The molecule has 0 saturated carbocycles. The summed E-state index contributed by atoms with van der Waals surface area (Å²) in [5.74, 6) is -2.08. The van der Waals surface area contributed by atoms with Gasteiger partial charge in [-0.15, -0.1) is 0 Å². The van der Waals surface area contributed by atoms with Gasteiger partial charge >= 0.3 is 6.18 Å². The summed E-state index contributed by atoms with van der Waals surface area (Å²) in [6.45, 7) is 0.0503. The first kappa shape index (κ1) is 32.8. The van der Waals surface area contributed by atoms with Crippen molar-refractivity contribution in [3.63, 3.8) is 0 Å². The van der Waals surface area contributed by atoms with E-state index >= 15 is 0 Å². The number of alkyl halides is 3. The van der Waals surface area contributed by atoms with E-state index in [2.05, 4.69) is 5.32 Å². The number of hydrogen-bond donors (Lipinski definition) is 2.